The third kappa shape index (κ3) is 2.63. The van der Waals surface area contributed by atoms with Gasteiger partial charge in [0.25, 0.3) is 5.91 Å². The predicted octanol–water partition coefficient (Wildman–Crippen LogP) is 2.16. The largest absolute Gasteiger partial charge is 0.336 e. The van der Waals surface area contributed by atoms with Crippen molar-refractivity contribution in [3.8, 4) is 5.69 Å². The Morgan fingerprint density at radius 3 is 2.57 bits per heavy atom. The Morgan fingerprint density at radius 2 is 1.87 bits per heavy atom. The third-order valence-corrected chi connectivity index (χ3v) is 4.28. The molecule has 0 saturated carbocycles. The summed E-state index contributed by atoms with van der Waals surface area (Å²) in [6.45, 7) is 1.43. The van der Waals surface area contributed by atoms with Gasteiger partial charge in [0.15, 0.2) is 0 Å². The molecule has 1 aliphatic rings. The molecule has 0 radical (unpaired) electrons. The minimum Gasteiger partial charge on any atom is -0.336 e. The molecule has 23 heavy (non-hydrogen) atoms. The molecule has 1 aliphatic heterocycles. The van der Waals surface area contributed by atoms with Crippen LogP contribution in [0.15, 0.2) is 61.2 Å². The number of nitrogens with zero attached hydrogens (tertiary/aromatic N) is 5. The second-order valence-electron chi connectivity index (χ2n) is 5.71. The van der Waals surface area contributed by atoms with Crippen LogP contribution in [0.1, 0.15) is 22.8 Å². The molecule has 0 aliphatic carbocycles. The average Bonchev–Trinajstić information content (AvgIpc) is 3.36. The lowest BCUT2D eigenvalue weighted by molar-refractivity contribution is 0.0787. The standard InChI is InChI=1S/C17H17N5O/c23-17(21-11-7-16(13-21)22-12-8-18-19-22)14-3-5-15(6-4-14)20-9-1-2-10-20/h1-6,8-10,12,16H,7,11,13H2/t16-/m0/s1. The number of benzene rings is 1. The van der Waals surface area contributed by atoms with Gasteiger partial charge in [-0.05, 0) is 42.8 Å². The topological polar surface area (TPSA) is 56.0 Å². The van der Waals surface area contributed by atoms with Gasteiger partial charge in [0.2, 0.25) is 0 Å². The van der Waals surface area contributed by atoms with Crippen molar-refractivity contribution in [3.63, 3.8) is 0 Å². The van der Waals surface area contributed by atoms with Gasteiger partial charge >= 0.3 is 0 Å². The summed E-state index contributed by atoms with van der Waals surface area (Å²) in [5.74, 6) is 0.0756. The van der Waals surface area contributed by atoms with E-state index in [2.05, 4.69) is 10.3 Å². The molecule has 0 bridgehead atoms. The predicted molar refractivity (Wildman–Crippen MR) is 85.3 cm³/mol. The lowest BCUT2D eigenvalue weighted by atomic mass is 10.2. The fraction of sp³-hybridized carbons (Fsp3) is 0.235. The Kier molecular flexibility index (Phi) is 3.42. The maximum atomic E-state index is 12.6. The molecule has 1 fully saturated rings. The lowest BCUT2D eigenvalue weighted by Crippen LogP contribution is -2.29. The third-order valence-electron chi connectivity index (χ3n) is 4.28. The summed E-state index contributed by atoms with van der Waals surface area (Å²) in [5, 5.41) is 7.87. The van der Waals surface area contributed by atoms with E-state index < -0.39 is 0 Å². The van der Waals surface area contributed by atoms with Crippen molar-refractivity contribution in [3.05, 3.63) is 66.7 Å². The summed E-state index contributed by atoms with van der Waals surface area (Å²) in [4.78, 5) is 14.5. The highest BCUT2D eigenvalue weighted by molar-refractivity contribution is 5.94. The van der Waals surface area contributed by atoms with Crippen molar-refractivity contribution in [1.29, 1.82) is 0 Å². The van der Waals surface area contributed by atoms with Crippen LogP contribution in [-0.4, -0.2) is 43.5 Å². The van der Waals surface area contributed by atoms with Crippen LogP contribution in [0.5, 0.6) is 0 Å². The first-order chi connectivity index (χ1) is 11.3. The molecule has 3 heterocycles. The van der Waals surface area contributed by atoms with E-state index in [0.717, 1.165) is 24.2 Å². The van der Waals surface area contributed by atoms with Crippen LogP contribution in [0, 0.1) is 0 Å². The molecule has 6 nitrogen and oxygen atoms in total. The van der Waals surface area contributed by atoms with Crippen LogP contribution in [0.25, 0.3) is 5.69 Å². The summed E-state index contributed by atoms with van der Waals surface area (Å²) in [7, 11) is 0. The Balaban J connectivity index is 1.47. The van der Waals surface area contributed by atoms with Crippen molar-refractivity contribution in [1.82, 2.24) is 24.5 Å². The lowest BCUT2D eigenvalue weighted by Gasteiger charge is -2.17. The summed E-state index contributed by atoms with van der Waals surface area (Å²) in [6.07, 6.45) is 8.41. The van der Waals surface area contributed by atoms with Crippen LogP contribution in [0.3, 0.4) is 0 Å². The molecule has 0 spiro atoms. The Bertz CT molecular complexity index is 777. The summed E-state index contributed by atoms with van der Waals surface area (Å²) < 4.78 is 3.85. The Hall–Kier alpha value is -2.89. The first kappa shape index (κ1) is 13.8. The van der Waals surface area contributed by atoms with Crippen LogP contribution in [-0.2, 0) is 0 Å². The van der Waals surface area contributed by atoms with Crippen molar-refractivity contribution in [2.24, 2.45) is 0 Å². The molecule has 0 unspecified atom stereocenters. The molecule has 1 aromatic carbocycles. The zero-order chi connectivity index (χ0) is 15.6. The molecule has 1 amide bonds. The molecule has 3 aromatic rings. The molecule has 0 N–H and O–H groups in total. The number of aromatic nitrogens is 4. The summed E-state index contributed by atoms with van der Waals surface area (Å²) in [6, 6.07) is 11.9. The van der Waals surface area contributed by atoms with Gasteiger partial charge in [-0.2, -0.15) is 0 Å². The SMILES string of the molecule is O=C(c1ccc(-n2cccc2)cc1)N1CC[C@H](n2ccnn2)C1. The highest BCUT2D eigenvalue weighted by atomic mass is 16.2. The van der Waals surface area contributed by atoms with Crippen molar-refractivity contribution in [2.75, 3.05) is 13.1 Å². The maximum Gasteiger partial charge on any atom is 0.253 e. The number of carbonyl (C=O) groups is 1. The van der Waals surface area contributed by atoms with E-state index in [1.807, 2.05) is 69.1 Å². The Morgan fingerprint density at radius 1 is 1.09 bits per heavy atom. The number of likely N-dealkylation sites (tertiary alicyclic amines) is 1. The zero-order valence-corrected chi connectivity index (χ0v) is 12.6. The Labute approximate surface area is 134 Å². The number of rotatable bonds is 3. The van der Waals surface area contributed by atoms with Crippen molar-refractivity contribution >= 4 is 5.91 Å². The van der Waals surface area contributed by atoms with E-state index >= 15 is 0 Å². The minimum atomic E-state index is 0.0756. The molecular weight excluding hydrogens is 290 g/mol. The van der Waals surface area contributed by atoms with Gasteiger partial charge in [-0.25, -0.2) is 4.68 Å². The second kappa shape index (κ2) is 5.72. The molecule has 2 aromatic heterocycles. The van der Waals surface area contributed by atoms with Gasteiger partial charge in [-0.3, -0.25) is 4.79 Å². The minimum absolute atomic E-state index is 0.0756. The normalized spacial score (nSPS) is 17.6. The smallest absolute Gasteiger partial charge is 0.253 e. The molecule has 1 saturated heterocycles. The average molecular weight is 307 g/mol. The molecule has 6 heteroatoms. The monoisotopic (exact) mass is 307 g/mol. The first-order valence-corrected chi connectivity index (χ1v) is 7.70. The molecule has 116 valence electrons. The van der Waals surface area contributed by atoms with Crippen LogP contribution in [0.2, 0.25) is 0 Å². The van der Waals surface area contributed by atoms with Gasteiger partial charge in [0.1, 0.15) is 0 Å². The van der Waals surface area contributed by atoms with E-state index in [4.69, 9.17) is 0 Å². The summed E-state index contributed by atoms with van der Waals surface area (Å²) in [5.41, 5.74) is 1.77. The molecular formula is C17H17N5O. The van der Waals surface area contributed by atoms with Crippen LogP contribution < -0.4 is 0 Å². The van der Waals surface area contributed by atoms with Crippen LogP contribution in [0.4, 0.5) is 0 Å². The maximum absolute atomic E-state index is 12.6. The van der Waals surface area contributed by atoms with Gasteiger partial charge in [-0.15, -0.1) is 5.10 Å². The van der Waals surface area contributed by atoms with Gasteiger partial charge < -0.3 is 9.47 Å². The van der Waals surface area contributed by atoms with E-state index in [0.29, 0.717) is 6.54 Å². The molecule has 4 rings (SSSR count). The number of amides is 1. The fourth-order valence-corrected chi connectivity index (χ4v) is 3.02. The van der Waals surface area contributed by atoms with E-state index in [1.165, 1.54) is 0 Å². The highest BCUT2D eigenvalue weighted by Gasteiger charge is 2.28. The van der Waals surface area contributed by atoms with E-state index in [-0.39, 0.29) is 11.9 Å². The van der Waals surface area contributed by atoms with Crippen molar-refractivity contribution in [2.45, 2.75) is 12.5 Å². The number of hydrogen-bond donors (Lipinski definition) is 0. The van der Waals surface area contributed by atoms with E-state index in [1.54, 1.807) is 6.20 Å². The molecule has 1 atom stereocenters. The number of hydrogen-bond acceptors (Lipinski definition) is 3. The van der Waals surface area contributed by atoms with Gasteiger partial charge in [-0.1, -0.05) is 5.21 Å². The number of carbonyl (C=O) groups excluding carboxylic acids is 1. The quantitative estimate of drug-likeness (QED) is 0.745. The van der Waals surface area contributed by atoms with Crippen molar-refractivity contribution < 1.29 is 4.79 Å². The van der Waals surface area contributed by atoms with E-state index in [9.17, 15) is 4.79 Å². The van der Waals surface area contributed by atoms with Gasteiger partial charge in [0.05, 0.1) is 12.2 Å². The fourth-order valence-electron chi connectivity index (χ4n) is 3.02. The van der Waals surface area contributed by atoms with Crippen LogP contribution >= 0.6 is 0 Å². The first-order valence-electron chi connectivity index (χ1n) is 7.70. The highest BCUT2D eigenvalue weighted by Crippen LogP contribution is 2.22. The second-order valence-corrected chi connectivity index (χ2v) is 5.71. The summed E-state index contributed by atoms with van der Waals surface area (Å²) >= 11 is 0. The zero-order valence-electron chi connectivity index (χ0n) is 12.6. The van der Waals surface area contributed by atoms with Gasteiger partial charge in [0, 0.05) is 42.9 Å².